The Kier molecular flexibility index (Phi) is 5.73. The van der Waals surface area contributed by atoms with Gasteiger partial charge in [0.15, 0.2) is 0 Å². The molecule has 1 aromatic rings. The van der Waals surface area contributed by atoms with Crippen LogP contribution in [-0.4, -0.2) is 44.2 Å². The Morgan fingerprint density at radius 2 is 1.88 bits per heavy atom. The molecule has 1 heterocycles. The molecule has 136 valence electrons. The van der Waals surface area contributed by atoms with E-state index in [0.29, 0.717) is 12.5 Å². The summed E-state index contributed by atoms with van der Waals surface area (Å²) in [7, 11) is 0. The molecule has 6 nitrogen and oxygen atoms in total. The molecule has 1 aliphatic heterocycles. The molecule has 25 heavy (non-hydrogen) atoms. The van der Waals surface area contributed by atoms with Crippen molar-refractivity contribution in [3.8, 4) is 0 Å². The van der Waals surface area contributed by atoms with Crippen molar-refractivity contribution in [3.63, 3.8) is 0 Å². The minimum atomic E-state index is -0.314. The molecular formula is C18H25FN4O2. The number of carbonyl (C=O) groups is 2. The van der Waals surface area contributed by atoms with Gasteiger partial charge in [0.2, 0.25) is 5.91 Å². The van der Waals surface area contributed by atoms with Gasteiger partial charge in [0.1, 0.15) is 5.82 Å². The molecule has 2 fully saturated rings. The van der Waals surface area contributed by atoms with Crippen LogP contribution in [0.5, 0.6) is 0 Å². The molecule has 2 aliphatic rings. The fraction of sp³-hybridized carbons (Fsp3) is 0.556. The lowest BCUT2D eigenvalue weighted by Gasteiger charge is -2.34. The molecule has 0 spiro atoms. The van der Waals surface area contributed by atoms with Crippen LogP contribution in [0.1, 0.15) is 25.7 Å². The van der Waals surface area contributed by atoms with Gasteiger partial charge in [0.25, 0.3) is 0 Å². The van der Waals surface area contributed by atoms with E-state index >= 15 is 0 Å². The number of benzene rings is 1. The predicted octanol–water partition coefficient (Wildman–Crippen LogP) is 1.62. The van der Waals surface area contributed by atoms with Gasteiger partial charge in [-0.3, -0.25) is 4.79 Å². The fourth-order valence-corrected chi connectivity index (χ4v) is 2.99. The number of rotatable bonds is 6. The maximum absolute atomic E-state index is 13.3. The Balaban J connectivity index is 1.33. The molecule has 3 amide bonds. The normalized spacial score (nSPS) is 17.9. The Morgan fingerprint density at radius 3 is 2.56 bits per heavy atom. The summed E-state index contributed by atoms with van der Waals surface area (Å²) in [6, 6.07) is 6.31. The molecule has 1 saturated carbocycles. The van der Waals surface area contributed by atoms with E-state index in [9.17, 15) is 14.0 Å². The Morgan fingerprint density at radius 1 is 1.12 bits per heavy atom. The minimum Gasteiger partial charge on any atom is -0.371 e. The summed E-state index contributed by atoms with van der Waals surface area (Å²) < 4.78 is 13.3. The first kappa shape index (κ1) is 17.5. The average molecular weight is 348 g/mol. The lowest BCUT2D eigenvalue weighted by molar-refractivity contribution is -0.120. The van der Waals surface area contributed by atoms with Gasteiger partial charge in [-0.05, 0) is 49.8 Å². The fourth-order valence-electron chi connectivity index (χ4n) is 2.99. The van der Waals surface area contributed by atoms with Crippen molar-refractivity contribution in [2.75, 3.05) is 31.1 Å². The number of amides is 3. The van der Waals surface area contributed by atoms with E-state index < -0.39 is 0 Å². The highest BCUT2D eigenvalue weighted by atomic mass is 19.1. The SMILES string of the molecule is O=C(CNC(=O)NC1CCN(c2cccc(F)c2)CC1)NCC1CC1. The van der Waals surface area contributed by atoms with Crippen LogP contribution in [0.3, 0.4) is 0 Å². The lowest BCUT2D eigenvalue weighted by Crippen LogP contribution is -2.49. The molecule has 0 atom stereocenters. The van der Waals surface area contributed by atoms with Crippen LogP contribution >= 0.6 is 0 Å². The van der Waals surface area contributed by atoms with E-state index in [0.717, 1.165) is 31.6 Å². The van der Waals surface area contributed by atoms with E-state index in [4.69, 9.17) is 0 Å². The zero-order chi connectivity index (χ0) is 17.6. The van der Waals surface area contributed by atoms with Crippen molar-refractivity contribution in [2.45, 2.75) is 31.7 Å². The van der Waals surface area contributed by atoms with E-state index in [-0.39, 0.29) is 30.3 Å². The number of nitrogens with one attached hydrogen (secondary N) is 3. The van der Waals surface area contributed by atoms with Crippen LogP contribution < -0.4 is 20.9 Å². The number of halogens is 1. The molecule has 1 saturated heterocycles. The van der Waals surface area contributed by atoms with Crippen molar-refractivity contribution >= 4 is 17.6 Å². The van der Waals surface area contributed by atoms with E-state index in [1.807, 2.05) is 6.07 Å². The number of anilines is 1. The molecule has 1 aliphatic carbocycles. The summed E-state index contributed by atoms with van der Waals surface area (Å²) in [6.07, 6.45) is 3.95. The highest BCUT2D eigenvalue weighted by Crippen LogP contribution is 2.27. The van der Waals surface area contributed by atoms with Crippen molar-refractivity contribution in [3.05, 3.63) is 30.1 Å². The van der Waals surface area contributed by atoms with Gasteiger partial charge in [0.05, 0.1) is 6.54 Å². The number of carbonyl (C=O) groups excluding carboxylic acids is 2. The number of piperidine rings is 1. The second-order valence-corrected chi connectivity index (χ2v) is 6.82. The summed E-state index contributed by atoms with van der Waals surface area (Å²) in [5.41, 5.74) is 0.871. The number of hydrogen-bond acceptors (Lipinski definition) is 3. The standard InChI is InChI=1S/C18H25FN4O2/c19-14-2-1-3-16(10-14)23-8-6-15(7-9-23)22-18(25)21-12-17(24)20-11-13-4-5-13/h1-3,10,13,15H,4-9,11-12H2,(H,20,24)(H2,21,22,25). The first-order valence-electron chi connectivity index (χ1n) is 8.92. The Labute approximate surface area is 147 Å². The molecule has 7 heteroatoms. The maximum Gasteiger partial charge on any atom is 0.315 e. The van der Waals surface area contributed by atoms with Crippen molar-refractivity contribution in [1.82, 2.24) is 16.0 Å². The molecule has 0 aromatic heterocycles. The summed E-state index contributed by atoms with van der Waals surface area (Å²) in [5, 5.41) is 8.32. The smallest absolute Gasteiger partial charge is 0.315 e. The summed E-state index contributed by atoms with van der Waals surface area (Å²) in [5.74, 6) is 0.237. The van der Waals surface area contributed by atoms with Crippen LogP contribution in [0, 0.1) is 11.7 Å². The molecular weight excluding hydrogens is 323 g/mol. The van der Waals surface area contributed by atoms with Crippen molar-refractivity contribution in [1.29, 1.82) is 0 Å². The Bertz CT molecular complexity index is 613. The van der Waals surface area contributed by atoms with E-state index in [1.165, 1.54) is 25.0 Å². The van der Waals surface area contributed by atoms with Gasteiger partial charge in [-0.1, -0.05) is 6.07 Å². The van der Waals surface area contributed by atoms with Crippen molar-refractivity contribution in [2.24, 2.45) is 5.92 Å². The number of hydrogen-bond donors (Lipinski definition) is 3. The first-order valence-corrected chi connectivity index (χ1v) is 8.92. The summed E-state index contributed by atoms with van der Waals surface area (Å²) >= 11 is 0. The van der Waals surface area contributed by atoms with Gasteiger partial charge >= 0.3 is 6.03 Å². The third-order valence-corrected chi connectivity index (χ3v) is 4.70. The second kappa shape index (κ2) is 8.18. The van der Waals surface area contributed by atoms with Gasteiger partial charge in [-0.2, -0.15) is 0 Å². The second-order valence-electron chi connectivity index (χ2n) is 6.82. The molecule has 3 rings (SSSR count). The largest absolute Gasteiger partial charge is 0.371 e. The van der Waals surface area contributed by atoms with Crippen LogP contribution in [0.4, 0.5) is 14.9 Å². The number of nitrogens with zero attached hydrogens (tertiary/aromatic N) is 1. The van der Waals surface area contributed by atoms with Crippen LogP contribution in [0.25, 0.3) is 0 Å². The predicted molar refractivity (Wildman–Crippen MR) is 93.9 cm³/mol. The highest BCUT2D eigenvalue weighted by Gasteiger charge is 2.23. The lowest BCUT2D eigenvalue weighted by atomic mass is 10.0. The summed E-state index contributed by atoms with van der Waals surface area (Å²) in [4.78, 5) is 25.6. The highest BCUT2D eigenvalue weighted by molar-refractivity contribution is 5.84. The van der Waals surface area contributed by atoms with Gasteiger partial charge in [-0.25, -0.2) is 9.18 Å². The number of urea groups is 1. The molecule has 0 radical (unpaired) electrons. The zero-order valence-electron chi connectivity index (χ0n) is 14.3. The Hall–Kier alpha value is -2.31. The molecule has 0 unspecified atom stereocenters. The van der Waals surface area contributed by atoms with Crippen LogP contribution in [0.2, 0.25) is 0 Å². The monoisotopic (exact) mass is 348 g/mol. The average Bonchev–Trinajstić information content (AvgIpc) is 3.43. The molecule has 3 N–H and O–H groups in total. The topological polar surface area (TPSA) is 73.5 Å². The van der Waals surface area contributed by atoms with Gasteiger partial charge in [0, 0.05) is 31.4 Å². The third-order valence-electron chi connectivity index (χ3n) is 4.70. The molecule has 1 aromatic carbocycles. The van der Waals surface area contributed by atoms with E-state index in [2.05, 4.69) is 20.9 Å². The van der Waals surface area contributed by atoms with Gasteiger partial charge in [-0.15, -0.1) is 0 Å². The maximum atomic E-state index is 13.3. The van der Waals surface area contributed by atoms with Crippen LogP contribution in [0.15, 0.2) is 24.3 Å². The first-order chi connectivity index (χ1) is 12.1. The molecule has 0 bridgehead atoms. The quantitative estimate of drug-likeness (QED) is 0.731. The minimum absolute atomic E-state index is 0.000685. The van der Waals surface area contributed by atoms with Crippen LogP contribution in [-0.2, 0) is 4.79 Å². The zero-order valence-corrected chi connectivity index (χ0v) is 14.3. The van der Waals surface area contributed by atoms with Gasteiger partial charge < -0.3 is 20.9 Å². The summed E-state index contributed by atoms with van der Waals surface area (Å²) in [6.45, 7) is 2.23. The van der Waals surface area contributed by atoms with E-state index in [1.54, 1.807) is 6.07 Å². The third kappa shape index (κ3) is 5.62. The van der Waals surface area contributed by atoms with Crippen molar-refractivity contribution < 1.29 is 14.0 Å².